The van der Waals surface area contributed by atoms with Crippen LogP contribution in [0.3, 0.4) is 0 Å². The number of hydrogen-bond donors (Lipinski definition) is 0. The molecule has 0 unspecified atom stereocenters. The topological polar surface area (TPSA) is 60.4 Å². The molecular weight excluding hydrogens is 206 g/mol. The first-order valence-electron chi connectivity index (χ1n) is 5.16. The zero-order chi connectivity index (χ0) is 11.7. The van der Waals surface area contributed by atoms with Crippen molar-refractivity contribution in [3.63, 3.8) is 0 Å². The van der Waals surface area contributed by atoms with Gasteiger partial charge < -0.3 is 14.8 Å². The molecular formula is C12H12NO3-. The molecule has 4 heteroatoms. The Morgan fingerprint density at radius 1 is 1.50 bits per heavy atom. The predicted octanol–water partition coefficient (Wildman–Crippen LogP) is 0.0978. The maximum Gasteiger partial charge on any atom is 0.227 e. The zero-order valence-electron chi connectivity index (χ0n) is 8.97. The first-order chi connectivity index (χ1) is 7.58. The molecule has 1 atom stereocenters. The van der Waals surface area contributed by atoms with Crippen LogP contribution in [0.5, 0.6) is 0 Å². The monoisotopic (exact) mass is 218 g/mol. The maximum absolute atomic E-state index is 11.6. The Hall–Kier alpha value is -1.84. The third-order valence-electron chi connectivity index (χ3n) is 2.77. The Labute approximate surface area is 93.5 Å². The minimum atomic E-state index is -1.15. The highest BCUT2D eigenvalue weighted by Crippen LogP contribution is 2.25. The van der Waals surface area contributed by atoms with Gasteiger partial charge >= 0.3 is 0 Å². The second-order valence-corrected chi connectivity index (χ2v) is 4.06. The molecule has 1 aliphatic heterocycles. The van der Waals surface area contributed by atoms with E-state index in [1.165, 1.54) is 4.90 Å². The number of nitrogens with zero attached hydrogens (tertiary/aromatic N) is 1. The Kier molecular flexibility index (Phi) is 2.64. The van der Waals surface area contributed by atoms with Crippen LogP contribution in [0.15, 0.2) is 24.3 Å². The second-order valence-electron chi connectivity index (χ2n) is 4.06. The standard InChI is InChI=1S/C12H13NO3/c1-8-3-2-4-10(5-8)13-7-9(12(15)16)6-11(13)14/h2-5,9H,6-7H2,1H3,(H,15,16)/p-1/t9-/m0/s1. The number of aryl methyl sites for hydroxylation is 1. The maximum atomic E-state index is 11.6. The van der Waals surface area contributed by atoms with E-state index in [0.29, 0.717) is 0 Å². The number of carboxylic acid groups (broad SMARTS) is 1. The quantitative estimate of drug-likeness (QED) is 0.707. The lowest BCUT2D eigenvalue weighted by Crippen LogP contribution is -2.33. The van der Waals surface area contributed by atoms with Gasteiger partial charge in [-0.3, -0.25) is 4.79 Å². The fourth-order valence-electron chi connectivity index (χ4n) is 1.91. The van der Waals surface area contributed by atoms with Crippen molar-refractivity contribution >= 4 is 17.6 Å². The molecule has 0 aliphatic carbocycles. The summed E-state index contributed by atoms with van der Waals surface area (Å²) in [6.07, 6.45) is 0.0380. The number of hydrogen-bond acceptors (Lipinski definition) is 3. The van der Waals surface area contributed by atoms with Gasteiger partial charge in [0.2, 0.25) is 5.91 Å². The summed E-state index contributed by atoms with van der Waals surface area (Å²) in [5.41, 5.74) is 1.80. The number of amides is 1. The normalized spacial score (nSPS) is 20.2. The summed E-state index contributed by atoms with van der Waals surface area (Å²) in [5.74, 6) is -1.99. The number of aliphatic carboxylic acids is 1. The van der Waals surface area contributed by atoms with Crippen LogP contribution >= 0.6 is 0 Å². The zero-order valence-corrected chi connectivity index (χ0v) is 8.97. The van der Waals surface area contributed by atoms with Gasteiger partial charge in [0.25, 0.3) is 0 Å². The van der Waals surface area contributed by atoms with Gasteiger partial charge in [-0.1, -0.05) is 12.1 Å². The molecule has 1 aliphatic rings. The summed E-state index contributed by atoms with van der Waals surface area (Å²) in [6.45, 7) is 2.14. The number of rotatable bonds is 2. The molecule has 1 aromatic carbocycles. The molecule has 1 saturated heterocycles. The Morgan fingerprint density at radius 2 is 2.25 bits per heavy atom. The van der Waals surface area contributed by atoms with E-state index in [1.807, 2.05) is 31.2 Å². The molecule has 4 nitrogen and oxygen atoms in total. The Morgan fingerprint density at radius 3 is 2.81 bits per heavy atom. The first-order valence-corrected chi connectivity index (χ1v) is 5.16. The summed E-state index contributed by atoms with van der Waals surface area (Å²) < 4.78 is 0. The minimum absolute atomic E-state index is 0.0380. The van der Waals surface area contributed by atoms with E-state index in [9.17, 15) is 14.7 Å². The lowest BCUT2D eigenvalue weighted by Gasteiger charge is -2.17. The molecule has 0 N–H and O–H groups in total. The van der Waals surface area contributed by atoms with E-state index in [1.54, 1.807) is 0 Å². The molecule has 1 fully saturated rings. The van der Waals surface area contributed by atoms with Crippen molar-refractivity contribution in [3.8, 4) is 0 Å². The van der Waals surface area contributed by atoms with Gasteiger partial charge in [-0.15, -0.1) is 0 Å². The fourth-order valence-corrected chi connectivity index (χ4v) is 1.91. The number of anilines is 1. The van der Waals surface area contributed by atoms with Gasteiger partial charge in [-0.05, 0) is 24.6 Å². The molecule has 84 valence electrons. The van der Waals surface area contributed by atoms with Gasteiger partial charge in [-0.2, -0.15) is 0 Å². The third kappa shape index (κ3) is 1.91. The molecule has 0 saturated carbocycles. The Bertz CT molecular complexity index is 442. The smallest absolute Gasteiger partial charge is 0.227 e. The average molecular weight is 218 g/mol. The largest absolute Gasteiger partial charge is 0.550 e. The van der Waals surface area contributed by atoms with E-state index in [0.717, 1.165) is 11.3 Å². The van der Waals surface area contributed by atoms with E-state index in [-0.39, 0.29) is 18.9 Å². The number of carbonyl (C=O) groups is 2. The highest BCUT2D eigenvalue weighted by molar-refractivity contribution is 5.98. The van der Waals surface area contributed by atoms with Gasteiger partial charge in [0.15, 0.2) is 0 Å². The van der Waals surface area contributed by atoms with Crippen molar-refractivity contribution in [2.24, 2.45) is 5.92 Å². The van der Waals surface area contributed by atoms with Crippen LogP contribution in [0.4, 0.5) is 5.69 Å². The molecule has 2 rings (SSSR count). The first kappa shape index (κ1) is 10.7. The lowest BCUT2D eigenvalue weighted by molar-refractivity contribution is -0.310. The summed E-state index contributed by atoms with van der Waals surface area (Å²) in [7, 11) is 0. The number of carboxylic acids is 1. The van der Waals surface area contributed by atoms with E-state index < -0.39 is 11.9 Å². The van der Waals surface area contributed by atoms with Crippen LogP contribution in [0, 0.1) is 12.8 Å². The molecule has 0 aromatic heterocycles. The number of carbonyl (C=O) groups excluding carboxylic acids is 2. The third-order valence-corrected chi connectivity index (χ3v) is 2.77. The van der Waals surface area contributed by atoms with Crippen molar-refractivity contribution in [1.82, 2.24) is 0 Å². The molecule has 1 heterocycles. The molecule has 0 spiro atoms. The highest BCUT2D eigenvalue weighted by atomic mass is 16.4. The van der Waals surface area contributed by atoms with E-state index in [2.05, 4.69) is 0 Å². The van der Waals surface area contributed by atoms with Crippen LogP contribution < -0.4 is 10.0 Å². The molecule has 1 aromatic rings. The molecule has 0 radical (unpaired) electrons. The fraction of sp³-hybridized carbons (Fsp3) is 0.333. The van der Waals surface area contributed by atoms with E-state index in [4.69, 9.17) is 0 Å². The van der Waals surface area contributed by atoms with Crippen LogP contribution in [-0.2, 0) is 9.59 Å². The summed E-state index contributed by atoms with van der Waals surface area (Å²) in [4.78, 5) is 23.8. The van der Waals surface area contributed by atoms with Crippen molar-refractivity contribution < 1.29 is 14.7 Å². The van der Waals surface area contributed by atoms with Crippen LogP contribution in [0.25, 0.3) is 0 Å². The Balaban J connectivity index is 2.23. The van der Waals surface area contributed by atoms with Crippen LogP contribution in [-0.4, -0.2) is 18.4 Å². The predicted molar refractivity (Wildman–Crippen MR) is 56.6 cm³/mol. The van der Waals surface area contributed by atoms with Crippen molar-refractivity contribution in [3.05, 3.63) is 29.8 Å². The van der Waals surface area contributed by atoms with Crippen LogP contribution in [0.2, 0.25) is 0 Å². The van der Waals surface area contributed by atoms with Gasteiger partial charge in [0.05, 0.1) is 0 Å². The van der Waals surface area contributed by atoms with Gasteiger partial charge in [-0.25, -0.2) is 0 Å². The molecule has 1 amide bonds. The van der Waals surface area contributed by atoms with Crippen LogP contribution in [0.1, 0.15) is 12.0 Å². The van der Waals surface area contributed by atoms with Crippen molar-refractivity contribution in [2.75, 3.05) is 11.4 Å². The van der Waals surface area contributed by atoms with Crippen molar-refractivity contribution in [1.29, 1.82) is 0 Å². The summed E-state index contributed by atoms with van der Waals surface area (Å²) >= 11 is 0. The summed E-state index contributed by atoms with van der Waals surface area (Å²) in [5, 5.41) is 10.7. The molecule has 0 bridgehead atoms. The number of benzene rings is 1. The minimum Gasteiger partial charge on any atom is -0.550 e. The second kappa shape index (κ2) is 3.96. The SMILES string of the molecule is Cc1cccc(N2C[C@@H](C(=O)[O-])CC2=O)c1. The summed E-state index contributed by atoms with van der Waals surface area (Å²) in [6, 6.07) is 7.46. The van der Waals surface area contributed by atoms with Gasteiger partial charge in [0, 0.05) is 30.5 Å². The lowest BCUT2D eigenvalue weighted by atomic mass is 10.1. The molecule has 16 heavy (non-hydrogen) atoms. The average Bonchev–Trinajstić information content (AvgIpc) is 2.60. The van der Waals surface area contributed by atoms with E-state index >= 15 is 0 Å². The van der Waals surface area contributed by atoms with Crippen molar-refractivity contribution in [2.45, 2.75) is 13.3 Å². The van der Waals surface area contributed by atoms with Gasteiger partial charge in [0.1, 0.15) is 0 Å². The highest BCUT2D eigenvalue weighted by Gasteiger charge is 2.31.